The molecule has 0 aromatic heterocycles. The second kappa shape index (κ2) is 21.2. The fraction of sp³-hybridized carbons (Fsp3) is 0.929. The molecule has 0 aromatic carbocycles. The number of hydrogen-bond donors (Lipinski definition) is 1. The molecule has 2 unspecified atom stereocenters. The molecule has 5 heteroatoms. The van der Waals surface area contributed by atoms with E-state index in [9.17, 15) is 9.46 Å². The predicted octanol–water partition coefficient (Wildman–Crippen LogP) is 9.23. The van der Waals surface area contributed by atoms with Crippen molar-refractivity contribution in [3.05, 3.63) is 12.2 Å². The molecule has 1 N–H and O–H groups in total. The van der Waals surface area contributed by atoms with Crippen molar-refractivity contribution in [3.63, 3.8) is 0 Å². The summed E-state index contributed by atoms with van der Waals surface area (Å²) in [6, 6.07) is 0. The monoisotopic (exact) mass is 488 g/mol. The summed E-state index contributed by atoms with van der Waals surface area (Å²) in [6.45, 7) is 4.57. The molecule has 4 nitrogen and oxygen atoms in total. The molecule has 0 saturated heterocycles. The third-order valence-electron chi connectivity index (χ3n) is 6.59. The van der Waals surface area contributed by atoms with E-state index in [0.717, 1.165) is 19.3 Å². The molecule has 0 saturated carbocycles. The molecule has 0 heterocycles. The van der Waals surface area contributed by atoms with Gasteiger partial charge < -0.3 is 13.9 Å². The molecule has 33 heavy (non-hydrogen) atoms. The summed E-state index contributed by atoms with van der Waals surface area (Å²) in [5, 5.41) is 0. The quantitative estimate of drug-likeness (QED) is 0.0637. The fourth-order valence-corrected chi connectivity index (χ4v) is 6.56. The van der Waals surface area contributed by atoms with Crippen LogP contribution in [-0.4, -0.2) is 42.9 Å². The summed E-state index contributed by atoms with van der Waals surface area (Å²) in [5.41, 5.74) is 0. The van der Waals surface area contributed by atoms with Crippen molar-refractivity contribution in [2.45, 2.75) is 142 Å². The lowest BCUT2D eigenvalue weighted by molar-refractivity contribution is -0.883. The van der Waals surface area contributed by atoms with Gasteiger partial charge in [-0.2, -0.15) is 0 Å². The number of unbranched alkanes of at least 4 members (excludes halogenated alkanes) is 16. The second-order valence-electron chi connectivity index (χ2n) is 10.8. The minimum absolute atomic E-state index is 0.333. The summed E-state index contributed by atoms with van der Waals surface area (Å²) < 4.78 is 18.6. The first-order chi connectivity index (χ1) is 15.8. The zero-order valence-electron chi connectivity index (χ0n) is 23.0. The van der Waals surface area contributed by atoms with Crippen LogP contribution in [0.3, 0.4) is 0 Å². The first-order valence-electron chi connectivity index (χ1n) is 14.1. The van der Waals surface area contributed by atoms with Crippen LogP contribution < -0.4 is 0 Å². The van der Waals surface area contributed by atoms with Crippen LogP contribution in [0.4, 0.5) is 0 Å². The number of nitrogens with zero attached hydrogens (tertiary/aromatic N) is 1. The highest BCUT2D eigenvalue weighted by Gasteiger charge is 2.41. The van der Waals surface area contributed by atoms with Crippen molar-refractivity contribution in [3.8, 4) is 0 Å². The summed E-state index contributed by atoms with van der Waals surface area (Å²) >= 11 is 0. The van der Waals surface area contributed by atoms with Crippen molar-refractivity contribution in [2.24, 2.45) is 0 Å². The molecule has 0 amide bonds. The molecule has 0 bridgehead atoms. The fourth-order valence-electron chi connectivity index (χ4n) is 4.53. The van der Waals surface area contributed by atoms with Crippen LogP contribution in [0.5, 0.6) is 0 Å². The Hall–Kier alpha value is -0.150. The Bertz CT molecular complexity index is 502. The third-order valence-corrected chi connectivity index (χ3v) is 8.85. The average Bonchev–Trinajstić information content (AvgIpc) is 2.75. The molecule has 0 fully saturated rings. The summed E-state index contributed by atoms with van der Waals surface area (Å²) in [7, 11) is 2.36. The number of allylic oxidation sites excluding steroid dienone is 2. The summed E-state index contributed by atoms with van der Waals surface area (Å²) in [5.74, 6) is -0.333. The molecule has 0 aliphatic heterocycles. The van der Waals surface area contributed by atoms with E-state index in [4.69, 9.17) is 4.52 Å². The number of hydrogen-bond acceptors (Lipinski definition) is 2. The van der Waals surface area contributed by atoms with Gasteiger partial charge in [0, 0.05) is 6.42 Å². The van der Waals surface area contributed by atoms with Crippen LogP contribution in [0.25, 0.3) is 0 Å². The molecular weight excluding hydrogens is 429 g/mol. The number of quaternary nitrogens is 1. The van der Waals surface area contributed by atoms with Crippen LogP contribution >= 0.6 is 7.60 Å². The van der Waals surface area contributed by atoms with Gasteiger partial charge in [-0.1, -0.05) is 109 Å². The third kappa shape index (κ3) is 19.8. The molecule has 198 valence electrons. The normalized spacial score (nSPS) is 15.2. The molecule has 0 aliphatic carbocycles. The average molecular weight is 489 g/mol. The minimum Gasteiger partial charge on any atom is -0.320 e. The first-order valence-corrected chi connectivity index (χ1v) is 15.8. The topological polar surface area (TPSA) is 46.5 Å². The molecule has 0 aromatic rings. The van der Waals surface area contributed by atoms with Crippen molar-refractivity contribution >= 4 is 7.60 Å². The Balaban J connectivity index is 3.46. The lowest BCUT2D eigenvalue weighted by Crippen LogP contribution is -2.45. The van der Waals surface area contributed by atoms with Gasteiger partial charge in [-0.25, -0.2) is 0 Å². The Morgan fingerprint density at radius 3 is 1.52 bits per heavy atom. The first kappa shape index (κ1) is 32.8. The van der Waals surface area contributed by atoms with Gasteiger partial charge in [-0.15, -0.1) is 0 Å². The molecule has 2 atom stereocenters. The van der Waals surface area contributed by atoms with Gasteiger partial charge in [-0.05, 0) is 32.6 Å². The van der Waals surface area contributed by atoms with E-state index in [1.165, 1.54) is 96.3 Å². The van der Waals surface area contributed by atoms with E-state index in [0.29, 0.717) is 17.5 Å². The minimum atomic E-state index is -3.56. The zero-order chi connectivity index (χ0) is 24.8. The van der Waals surface area contributed by atoms with Gasteiger partial charge in [0.1, 0.15) is 0 Å². The summed E-state index contributed by atoms with van der Waals surface area (Å²) in [6.07, 6.45) is 28.5. The Labute approximate surface area is 207 Å². The van der Waals surface area contributed by atoms with Crippen molar-refractivity contribution in [2.75, 3.05) is 27.7 Å². The molecule has 0 aliphatic rings. The van der Waals surface area contributed by atoms with E-state index >= 15 is 0 Å². The van der Waals surface area contributed by atoms with Crippen molar-refractivity contribution < 1.29 is 18.5 Å². The predicted molar refractivity (Wildman–Crippen MR) is 146 cm³/mol. The van der Waals surface area contributed by atoms with Crippen molar-refractivity contribution in [1.82, 2.24) is 0 Å². The molecular formula is C28H59NO3P+. The van der Waals surface area contributed by atoms with Crippen LogP contribution in [0.15, 0.2) is 12.2 Å². The van der Waals surface area contributed by atoms with Gasteiger partial charge in [0.05, 0.1) is 27.7 Å². The van der Waals surface area contributed by atoms with Gasteiger partial charge in [0.15, 0.2) is 5.78 Å². The maximum Gasteiger partial charge on any atom is 0.385 e. The van der Waals surface area contributed by atoms with Gasteiger partial charge in [0.2, 0.25) is 0 Å². The maximum absolute atomic E-state index is 12.7. The van der Waals surface area contributed by atoms with E-state index in [1.807, 2.05) is 21.1 Å². The molecule has 0 rings (SSSR count). The van der Waals surface area contributed by atoms with Crippen LogP contribution in [0.2, 0.25) is 0 Å². The SMILES string of the molecule is CC=CCCCCCCCCCCCCCCCCCCOP(=O)(O)C(CCC)[N+](C)(C)C. The summed E-state index contributed by atoms with van der Waals surface area (Å²) in [4.78, 5) is 10.4. The lowest BCUT2D eigenvalue weighted by atomic mass is 10.0. The highest BCUT2D eigenvalue weighted by Crippen LogP contribution is 2.51. The van der Waals surface area contributed by atoms with E-state index in [-0.39, 0.29) is 5.78 Å². The standard InChI is InChI=1S/C28H58NO3P/c1-6-8-9-10-11-12-13-14-15-16-17-18-19-20-21-22-23-24-25-27-32-33(30,31)28(26-7-2)29(3,4)5/h6,8,28H,7,9-27H2,1-5H3/p+1. The highest BCUT2D eigenvalue weighted by molar-refractivity contribution is 7.53. The van der Waals surface area contributed by atoms with Gasteiger partial charge >= 0.3 is 7.60 Å². The van der Waals surface area contributed by atoms with Crippen LogP contribution in [0, 0.1) is 0 Å². The van der Waals surface area contributed by atoms with Gasteiger partial charge in [-0.3, -0.25) is 4.57 Å². The van der Waals surface area contributed by atoms with Gasteiger partial charge in [0.25, 0.3) is 0 Å². The lowest BCUT2D eigenvalue weighted by Gasteiger charge is -2.35. The Morgan fingerprint density at radius 1 is 0.758 bits per heavy atom. The van der Waals surface area contributed by atoms with Crippen LogP contribution in [0.1, 0.15) is 136 Å². The Kier molecular flexibility index (Phi) is 21.1. The second-order valence-corrected chi connectivity index (χ2v) is 12.8. The zero-order valence-corrected chi connectivity index (χ0v) is 23.9. The largest absolute Gasteiger partial charge is 0.385 e. The van der Waals surface area contributed by atoms with E-state index < -0.39 is 7.60 Å². The van der Waals surface area contributed by atoms with Crippen LogP contribution in [-0.2, 0) is 9.09 Å². The molecule has 0 spiro atoms. The van der Waals surface area contributed by atoms with E-state index in [1.54, 1.807) is 0 Å². The molecule has 0 radical (unpaired) electrons. The Morgan fingerprint density at radius 2 is 1.15 bits per heavy atom. The number of rotatable bonds is 24. The maximum atomic E-state index is 12.7. The van der Waals surface area contributed by atoms with E-state index in [2.05, 4.69) is 26.0 Å². The van der Waals surface area contributed by atoms with Crippen molar-refractivity contribution in [1.29, 1.82) is 0 Å². The highest BCUT2D eigenvalue weighted by atomic mass is 31.2. The smallest absolute Gasteiger partial charge is 0.320 e.